The van der Waals surface area contributed by atoms with E-state index in [9.17, 15) is 14.0 Å². The van der Waals surface area contributed by atoms with Crippen molar-refractivity contribution in [1.29, 1.82) is 0 Å². The summed E-state index contributed by atoms with van der Waals surface area (Å²) in [6.07, 6.45) is 3.84. The van der Waals surface area contributed by atoms with Gasteiger partial charge in [0.05, 0.1) is 0 Å². The third-order valence-electron chi connectivity index (χ3n) is 5.49. The van der Waals surface area contributed by atoms with Gasteiger partial charge in [-0.25, -0.2) is 4.39 Å². The Morgan fingerprint density at radius 1 is 1.16 bits per heavy atom. The molecular weight excluding hydrogens is 415 g/mol. The fourth-order valence-corrected chi connectivity index (χ4v) is 4.42. The van der Waals surface area contributed by atoms with Crippen LogP contribution in [0.2, 0.25) is 0 Å². The van der Waals surface area contributed by atoms with Crippen molar-refractivity contribution in [1.82, 2.24) is 14.9 Å². The first kappa shape index (κ1) is 21.1. The van der Waals surface area contributed by atoms with Gasteiger partial charge >= 0.3 is 0 Å². The lowest BCUT2D eigenvalue weighted by molar-refractivity contribution is -0.123. The Balaban J connectivity index is 1.83. The second kappa shape index (κ2) is 9.34. The van der Waals surface area contributed by atoms with E-state index in [2.05, 4.69) is 14.9 Å². The summed E-state index contributed by atoms with van der Waals surface area (Å²) in [6.45, 7) is 1.90. The van der Waals surface area contributed by atoms with Gasteiger partial charge in [0.1, 0.15) is 11.9 Å². The van der Waals surface area contributed by atoms with E-state index in [0.717, 1.165) is 42.8 Å². The summed E-state index contributed by atoms with van der Waals surface area (Å²) in [5.41, 5.74) is 1.65. The number of anilines is 1. The molecule has 3 aromatic rings. The van der Waals surface area contributed by atoms with Crippen molar-refractivity contribution in [2.45, 2.75) is 44.7 Å². The largest absolute Gasteiger partial charge is 0.351 e. The molecule has 8 heteroatoms. The Kier molecular flexibility index (Phi) is 6.36. The minimum absolute atomic E-state index is 0.0252. The molecule has 0 bridgehead atoms. The zero-order valence-corrected chi connectivity index (χ0v) is 17.9. The maximum Gasteiger partial charge on any atom is 0.280 e. The summed E-state index contributed by atoms with van der Waals surface area (Å²) >= 11 is 1.05. The highest BCUT2D eigenvalue weighted by atomic mass is 32.1. The van der Waals surface area contributed by atoms with Gasteiger partial charge in [-0.05, 0) is 55.1 Å². The van der Waals surface area contributed by atoms with Crippen LogP contribution in [0, 0.1) is 12.7 Å². The van der Waals surface area contributed by atoms with Crippen molar-refractivity contribution in [3.8, 4) is 0 Å². The monoisotopic (exact) mass is 438 g/mol. The maximum absolute atomic E-state index is 14.9. The van der Waals surface area contributed by atoms with Crippen LogP contribution in [0.3, 0.4) is 0 Å². The average molecular weight is 439 g/mol. The van der Waals surface area contributed by atoms with Crippen LogP contribution < -0.4 is 10.2 Å². The summed E-state index contributed by atoms with van der Waals surface area (Å²) in [7, 11) is 0. The predicted octanol–water partition coefficient (Wildman–Crippen LogP) is 4.43. The third kappa shape index (κ3) is 4.64. The first-order chi connectivity index (χ1) is 15.0. The molecule has 1 saturated carbocycles. The Bertz CT molecular complexity index is 1070. The summed E-state index contributed by atoms with van der Waals surface area (Å²) in [5.74, 6) is -1.46. The Labute approximate surface area is 184 Å². The van der Waals surface area contributed by atoms with Crippen molar-refractivity contribution in [3.05, 3.63) is 76.5 Å². The zero-order valence-electron chi connectivity index (χ0n) is 17.1. The molecule has 4 rings (SSSR count). The van der Waals surface area contributed by atoms with Gasteiger partial charge in [-0.2, -0.15) is 0 Å². The minimum atomic E-state index is -1.18. The van der Waals surface area contributed by atoms with Crippen LogP contribution in [0.5, 0.6) is 0 Å². The van der Waals surface area contributed by atoms with Gasteiger partial charge in [0.15, 0.2) is 5.69 Å². The van der Waals surface area contributed by atoms with E-state index in [1.54, 1.807) is 36.4 Å². The van der Waals surface area contributed by atoms with E-state index < -0.39 is 23.7 Å². The topological polar surface area (TPSA) is 75.2 Å². The molecule has 1 aliphatic carbocycles. The first-order valence-electron chi connectivity index (χ1n) is 10.3. The first-order valence-corrected chi connectivity index (χ1v) is 11.1. The lowest BCUT2D eigenvalue weighted by Crippen LogP contribution is -2.46. The van der Waals surface area contributed by atoms with E-state index >= 15 is 0 Å². The molecule has 1 unspecified atom stereocenters. The van der Waals surface area contributed by atoms with Crippen LogP contribution >= 0.6 is 11.5 Å². The molecule has 1 atom stereocenters. The molecule has 1 heterocycles. The number of benzene rings is 2. The van der Waals surface area contributed by atoms with Crippen molar-refractivity contribution in [2.75, 3.05) is 4.90 Å². The highest BCUT2D eigenvalue weighted by molar-refractivity contribution is 7.03. The maximum atomic E-state index is 14.9. The Hall–Kier alpha value is -3.13. The predicted molar refractivity (Wildman–Crippen MR) is 117 cm³/mol. The van der Waals surface area contributed by atoms with Crippen molar-refractivity contribution < 1.29 is 14.0 Å². The minimum Gasteiger partial charge on any atom is -0.351 e. The zero-order chi connectivity index (χ0) is 21.8. The van der Waals surface area contributed by atoms with Crippen LogP contribution in [0.25, 0.3) is 0 Å². The molecule has 6 nitrogen and oxygen atoms in total. The van der Waals surface area contributed by atoms with Gasteiger partial charge in [0, 0.05) is 22.7 Å². The number of hydrogen-bond acceptors (Lipinski definition) is 5. The number of aryl methyl sites for hydroxylation is 1. The highest BCUT2D eigenvalue weighted by Gasteiger charge is 2.37. The van der Waals surface area contributed by atoms with E-state index in [1.165, 1.54) is 16.3 Å². The van der Waals surface area contributed by atoms with Gasteiger partial charge in [0.25, 0.3) is 5.91 Å². The molecule has 0 saturated heterocycles. The van der Waals surface area contributed by atoms with Crippen LogP contribution in [-0.2, 0) is 4.79 Å². The molecule has 31 heavy (non-hydrogen) atoms. The van der Waals surface area contributed by atoms with Crippen molar-refractivity contribution >= 4 is 29.0 Å². The van der Waals surface area contributed by atoms with Gasteiger partial charge in [-0.15, -0.1) is 5.10 Å². The summed E-state index contributed by atoms with van der Waals surface area (Å²) in [6, 6.07) is 12.2. The lowest BCUT2D eigenvalue weighted by atomic mass is 10.0. The van der Waals surface area contributed by atoms with Crippen molar-refractivity contribution in [3.63, 3.8) is 0 Å². The standard InChI is InChI=1S/C23H23FN4O2S/c1-15-7-6-10-17(13-15)28(23(30)20-14-31-27-26-20)21(18-11-4-5-12-19(18)24)22(29)25-16-8-2-3-9-16/h4-7,10-14,16,21H,2-3,8-9H2,1H3,(H,25,29). The number of halogens is 1. The van der Waals surface area contributed by atoms with Gasteiger partial charge in [-0.1, -0.05) is 47.7 Å². The number of nitrogens with zero attached hydrogens (tertiary/aromatic N) is 3. The molecular formula is C23H23FN4O2S. The molecule has 2 aromatic carbocycles. The molecule has 160 valence electrons. The summed E-state index contributed by atoms with van der Waals surface area (Å²) in [4.78, 5) is 28.4. The smallest absolute Gasteiger partial charge is 0.280 e. The molecule has 1 aliphatic rings. The molecule has 0 aliphatic heterocycles. The Morgan fingerprint density at radius 3 is 2.61 bits per heavy atom. The van der Waals surface area contributed by atoms with Crippen LogP contribution in [-0.4, -0.2) is 27.4 Å². The fourth-order valence-electron chi connectivity index (χ4n) is 3.99. The molecule has 0 spiro atoms. The van der Waals surface area contributed by atoms with Crippen LogP contribution in [0.15, 0.2) is 53.9 Å². The number of amides is 2. The normalized spacial score (nSPS) is 14.9. The lowest BCUT2D eigenvalue weighted by Gasteiger charge is -2.32. The number of hydrogen-bond donors (Lipinski definition) is 1. The molecule has 1 N–H and O–H groups in total. The molecule has 2 amide bonds. The fraction of sp³-hybridized carbons (Fsp3) is 0.304. The molecule has 1 fully saturated rings. The number of carbonyl (C=O) groups excluding carboxylic acids is 2. The van der Waals surface area contributed by atoms with Gasteiger partial charge in [-0.3, -0.25) is 14.5 Å². The quantitative estimate of drug-likeness (QED) is 0.618. The highest BCUT2D eigenvalue weighted by Crippen LogP contribution is 2.32. The molecule has 1 aromatic heterocycles. The van der Waals surface area contributed by atoms with Gasteiger partial charge in [0.2, 0.25) is 5.91 Å². The summed E-state index contributed by atoms with van der Waals surface area (Å²) in [5, 5.41) is 8.46. The summed E-state index contributed by atoms with van der Waals surface area (Å²) < 4.78 is 18.7. The van der Waals surface area contributed by atoms with E-state index in [0.29, 0.717) is 5.69 Å². The van der Waals surface area contributed by atoms with Crippen LogP contribution in [0.1, 0.15) is 53.3 Å². The number of carbonyl (C=O) groups is 2. The Morgan fingerprint density at radius 2 is 1.94 bits per heavy atom. The SMILES string of the molecule is Cc1cccc(N(C(=O)c2csnn2)C(C(=O)NC2CCCC2)c2ccccc2F)c1. The van der Waals surface area contributed by atoms with Gasteiger partial charge < -0.3 is 5.32 Å². The second-order valence-corrected chi connectivity index (χ2v) is 8.33. The molecule has 0 radical (unpaired) electrons. The average Bonchev–Trinajstić information content (AvgIpc) is 3.46. The number of rotatable bonds is 6. The third-order valence-corrected chi connectivity index (χ3v) is 5.99. The van der Waals surface area contributed by atoms with E-state index in [1.807, 2.05) is 13.0 Å². The number of aromatic nitrogens is 2. The second-order valence-electron chi connectivity index (χ2n) is 7.72. The van der Waals surface area contributed by atoms with E-state index in [-0.39, 0.29) is 17.3 Å². The number of nitrogens with one attached hydrogen (secondary N) is 1. The van der Waals surface area contributed by atoms with E-state index in [4.69, 9.17) is 0 Å². The van der Waals surface area contributed by atoms with Crippen molar-refractivity contribution in [2.24, 2.45) is 0 Å². The van der Waals surface area contributed by atoms with Crippen LogP contribution in [0.4, 0.5) is 10.1 Å².